The Bertz CT molecular complexity index is 469. The number of hydrogen-bond donors (Lipinski definition) is 2. The Hall–Kier alpha value is -1.20. The zero-order valence-electron chi connectivity index (χ0n) is 17.7. The molecule has 0 aliphatic heterocycles. The molecule has 0 amide bonds. The van der Waals surface area contributed by atoms with Crippen molar-refractivity contribution in [3.8, 4) is 11.5 Å². The monoisotopic (exact) mass is 378 g/mol. The molecular formula is C22H39BO4. The van der Waals surface area contributed by atoms with Crippen LogP contribution in [0.15, 0.2) is 18.2 Å². The van der Waals surface area contributed by atoms with Gasteiger partial charge in [-0.3, -0.25) is 0 Å². The van der Waals surface area contributed by atoms with Crippen molar-refractivity contribution in [2.75, 3.05) is 13.2 Å². The van der Waals surface area contributed by atoms with Crippen molar-refractivity contribution in [3.05, 3.63) is 18.2 Å². The second kappa shape index (κ2) is 13.9. The lowest BCUT2D eigenvalue weighted by molar-refractivity contribution is 0.223. The molecular weight excluding hydrogens is 339 g/mol. The topological polar surface area (TPSA) is 58.9 Å². The maximum Gasteiger partial charge on any atom is 0.488 e. The fraction of sp³-hybridized carbons (Fsp3) is 0.727. The molecule has 5 heteroatoms. The number of ether oxygens (including phenoxy) is 2. The van der Waals surface area contributed by atoms with E-state index in [4.69, 9.17) is 9.47 Å². The third-order valence-corrected chi connectivity index (χ3v) is 5.26. The van der Waals surface area contributed by atoms with E-state index >= 15 is 0 Å². The van der Waals surface area contributed by atoms with Gasteiger partial charge in [-0.1, -0.05) is 66.2 Å². The molecule has 0 fully saturated rings. The van der Waals surface area contributed by atoms with E-state index in [-0.39, 0.29) is 0 Å². The minimum absolute atomic E-state index is 0.408. The minimum Gasteiger partial charge on any atom is -0.493 e. The summed E-state index contributed by atoms with van der Waals surface area (Å²) in [6.45, 7) is 10.1. The van der Waals surface area contributed by atoms with Gasteiger partial charge < -0.3 is 19.5 Å². The fourth-order valence-corrected chi connectivity index (χ4v) is 3.13. The predicted octanol–water partition coefficient (Wildman–Crippen LogP) is 4.56. The van der Waals surface area contributed by atoms with Crippen molar-refractivity contribution in [2.45, 2.75) is 79.1 Å². The highest BCUT2D eigenvalue weighted by molar-refractivity contribution is 6.58. The summed E-state index contributed by atoms with van der Waals surface area (Å²) in [5, 5.41) is 19.2. The van der Waals surface area contributed by atoms with Gasteiger partial charge in [-0.25, -0.2) is 0 Å². The Morgan fingerprint density at radius 2 is 1.22 bits per heavy atom. The standard InChI is InChI=1S/C22H39BO4/c1-5-9-11-18(7-3)16-26-21-13-20(23(24)25)14-22(15-21)27-17-19(8-4)12-10-6-2/h13-15,18-19,24-25H,5-12,16-17H2,1-4H3. The summed E-state index contributed by atoms with van der Waals surface area (Å²) in [7, 11) is -1.53. The lowest BCUT2D eigenvalue weighted by atomic mass is 9.80. The molecule has 0 saturated carbocycles. The van der Waals surface area contributed by atoms with Crippen LogP contribution in [0, 0.1) is 11.8 Å². The first-order chi connectivity index (χ1) is 13.0. The number of rotatable bonds is 15. The van der Waals surface area contributed by atoms with Gasteiger partial charge in [0.2, 0.25) is 0 Å². The summed E-state index contributed by atoms with van der Waals surface area (Å²) >= 11 is 0. The molecule has 2 atom stereocenters. The summed E-state index contributed by atoms with van der Waals surface area (Å²) < 4.78 is 12.0. The summed E-state index contributed by atoms with van der Waals surface area (Å²) in [4.78, 5) is 0. The smallest absolute Gasteiger partial charge is 0.488 e. The van der Waals surface area contributed by atoms with Gasteiger partial charge >= 0.3 is 7.12 Å². The van der Waals surface area contributed by atoms with E-state index in [2.05, 4.69) is 27.7 Å². The Morgan fingerprint density at radius 3 is 1.56 bits per heavy atom. The zero-order valence-corrected chi connectivity index (χ0v) is 17.7. The maximum atomic E-state index is 9.60. The van der Waals surface area contributed by atoms with Gasteiger partial charge in [-0.05, 0) is 42.3 Å². The van der Waals surface area contributed by atoms with Gasteiger partial charge in [0, 0.05) is 6.07 Å². The molecule has 0 spiro atoms. The van der Waals surface area contributed by atoms with Crippen molar-refractivity contribution in [1.82, 2.24) is 0 Å². The summed E-state index contributed by atoms with van der Waals surface area (Å²) in [6, 6.07) is 5.25. The van der Waals surface area contributed by atoms with Crippen LogP contribution in [0.4, 0.5) is 0 Å². The van der Waals surface area contributed by atoms with E-state index in [0.717, 1.165) is 25.7 Å². The highest BCUT2D eigenvalue weighted by Gasteiger charge is 2.16. The molecule has 0 aliphatic carbocycles. The Balaban J connectivity index is 2.75. The first-order valence-electron chi connectivity index (χ1n) is 10.8. The molecule has 27 heavy (non-hydrogen) atoms. The van der Waals surface area contributed by atoms with Gasteiger partial charge in [-0.2, -0.15) is 0 Å². The van der Waals surface area contributed by atoms with Crippen LogP contribution in [-0.4, -0.2) is 30.4 Å². The van der Waals surface area contributed by atoms with Crippen LogP contribution in [0.5, 0.6) is 11.5 Å². The summed E-state index contributed by atoms with van der Waals surface area (Å²) in [6.07, 6.45) is 9.29. The zero-order chi connectivity index (χ0) is 20.1. The number of unbranched alkanes of at least 4 members (excludes halogenated alkanes) is 2. The molecule has 0 radical (unpaired) electrons. The van der Waals surface area contributed by atoms with Gasteiger partial charge in [0.15, 0.2) is 0 Å². The Morgan fingerprint density at radius 1 is 0.778 bits per heavy atom. The van der Waals surface area contributed by atoms with Crippen LogP contribution in [0.25, 0.3) is 0 Å². The molecule has 1 rings (SSSR count). The van der Waals surface area contributed by atoms with Crippen molar-refractivity contribution >= 4 is 12.6 Å². The molecule has 1 aromatic carbocycles. The quantitative estimate of drug-likeness (QED) is 0.440. The first-order valence-corrected chi connectivity index (χ1v) is 10.8. The van der Waals surface area contributed by atoms with Crippen LogP contribution >= 0.6 is 0 Å². The van der Waals surface area contributed by atoms with Crippen molar-refractivity contribution < 1.29 is 19.5 Å². The van der Waals surface area contributed by atoms with Crippen LogP contribution in [-0.2, 0) is 0 Å². The average molecular weight is 378 g/mol. The fourth-order valence-electron chi connectivity index (χ4n) is 3.13. The molecule has 2 N–H and O–H groups in total. The molecule has 0 aliphatic rings. The van der Waals surface area contributed by atoms with Crippen molar-refractivity contribution in [1.29, 1.82) is 0 Å². The van der Waals surface area contributed by atoms with Gasteiger partial charge in [0.05, 0.1) is 13.2 Å². The molecule has 2 unspecified atom stereocenters. The van der Waals surface area contributed by atoms with Gasteiger partial charge in [0.25, 0.3) is 0 Å². The first kappa shape index (κ1) is 23.8. The van der Waals surface area contributed by atoms with Gasteiger partial charge in [-0.15, -0.1) is 0 Å². The van der Waals surface area contributed by atoms with Crippen LogP contribution in [0.2, 0.25) is 0 Å². The highest BCUT2D eigenvalue weighted by Crippen LogP contribution is 2.22. The Kier molecular flexibility index (Phi) is 12.3. The van der Waals surface area contributed by atoms with E-state index in [1.54, 1.807) is 12.1 Å². The molecule has 0 saturated heterocycles. The van der Waals surface area contributed by atoms with Crippen LogP contribution in [0.1, 0.15) is 79.1 Å². The second-order valence-electron chi connectivity index (χ2n) is 7.57. The average Bonchev–Trinajstić information content (AvgIpc) is 2.68. The van der Waals surface area contributed by atoms with E-state index in [1.807, 2.05) is 6.07 Å². The number of benzene rings is 1. The third-order valence-electron chi connectivity index (χ3n) is 5.26. The van der Waals surface area contributed by atoms with Gasteiger partial charge in [0.1, 0.15) is 11.5 Å². The largest absolute Gasteiger partial charge is 0.493 e. The second-order valence-corrected chi connectivity index (χ2v) is 7.57. The molecule has 0 bridgehead atoms. The summed E-state index contributed by atoms with van der Waals surface area (Å²) in [5.74, 6) is 2.34. The van der Waals surface area contributed by atoms with Crippen LogP contribution in [0.3, 0.4) is 0 Å². The van der Waals surface area contributed by atoms with E-state index in [9.17, 15) is 10.0 Å². The lowest BCUT2D eigenvalue weighted by Gasteiger charge is -2.19. The lowest BCUT2D eigenvalue weighted by Crippen LogP contribution is -2.30. The van der Waals surface area contributed by atoms with E-state index in [0.29, 0.717) is 42.0 Å². The normalized spacial score (nSPS) is 13.3. The highest BCUT2D eigenvalue weighted by atomic mass is 16.5. The maximum absolute atomic E-state index is 9.60. The molecule has 0 aromatic heterocycles. The molecule has 4 nitrogen and oxygen atoms in total. The summed E-state index contributed by atoms with van der Waals surface area (Å²) in [5.41, 5.74) is 0.408. The SMILES string of the molecule is CCCCC(CC)COc1cc(OCC(CC)CCCC)cc(B(O)O)c1. The predicted molar refractivity (Wildman–Crippen MR) is 114 cm³/mol. The van der Waals surface area contributed by atoms with Crippen molar-refractivity contribution in [2.24, 2.45) is 11.8 Å². The minimum atomic E-state index is -1.53. The third kappa shape index (κ3) is 9.52. The van der Waals surface area contributed by atoms with Crippen molar-refractivity contribution in [3.63, 3.8) is 0 Å². The molecule has 1 aromatic rings. The Labute approximate surface area is 166 Å². The van der Waals surface area contributed by atoms with Crippen LogP contribution < -0.4 is 14.9 Å². The molecule has 154 valence electrons. The van der Waals surface area contributed by atoms with E-state index < -0.39 is 7.12 Å². The molecule has 0 heterocycles. The number of hydrogen-bond acceptors (Lipinski definition) is 4. The van der Waals surface area contributed by atoms with E-state index in [1.165, 1.54) is 25.7 Å².